The Hall–Kier alpha value is -1.89. The van der Waals surface area contributed by atoms with E-state index < -0.39 is 6.10 Å². The van der Waals surface area contributed by atoms with Crippen LogP contribution in [0.5, 0.6) is 0 Å². The number of aliphatic hydroxyl groups is 1. The van der Waals surface area contributed by atoms with Gasteiger partial charge in [0.25, 0.3) is 5.91 Å². The molecule has 0 aliphatic rings. The van der Waals surface area contributed by atoms with Gasteiger partial charge in [-0.1, -0.05) is 28.9 Å². The number of aliphatic hydroxyl groups excluding tert-OH is 1. The van der Waals surface area contributed by atoms with E-state index in [9.17, 15) is 9.90 Å². The molecule has 6 nitrogen and oxygen atoms in total. The number of ether oxygens (including phenoxy) is 1. The van der Waals surface area contributed by atoms with Crippen LogP contribution < -0.4 is 5.32 Å². The SMILES string of the molecule is COCCNC(=O)c1c(-c2ccc(Cl)cc2)noc1C(C)O. The van der Waals surface area contributed by atoms with E-state index in [0.717, 1.165) is 0 Å². The van der Waals surface area contributed by atoms with Crippen molar-refractivity contribution >= 4 is 17.5 Å². The van der Waals surface area contributed by atoms with Crippen LogP contribution in [0.2, 0.25) is 5.02 Å². The molecule has 0 bridgehead atoms. The highest BCUT2D eigenvalue weighted by Gasteiger charge is 2.26. The molecule has 2 rings (SSSR count). The molecule has 0 saturated heterocycles. The highest BCUT2D eigenvalue weighted by Crippen LogP contribution is 2.29. The van der Waals surface area contributed by atoms with E-state index in [1.807, 2.05) is 0 Å². The minimum atomic E-state index is -0.947. The minimum Gasteiger partial charge on any atom is -0.385 e. The molecule has 22 heavy (non-hydrogen) atoms. The molecule has 2 aromatic rings. The molecule has 2 N–H and O–H groups in total. The number of hydrogen-bond donors (Lipinski definition) is 2. The zero-order valence-electron chi connectivity index (χ0n) is 12.3. The van der Waals surface area contributed by atoms with Gasteiger partial charge in [-0.2, -0.15) is 0 Å². The summed E-state index contributed by atoms with van der Waals surface area (Å²) in [6.45, 7) is 2.25. The Balaban J connectivity index is 2.38. The Kier molecular flexibility index (Phi) is 5.54. The zero-order valence-corrected chi connectivity index (χ0v) is 13.1. The molecule has 0 aliphatic heterocycles. The number of carbonyl (C=O) groups excluding carboxylic acids is 1. The van der Waals surface area contributed by atoms with Crippen LogP contribution in [-0.2, 0) is 4.74 Å². The van der Waals surface area contributed by atoms with E-state index in [-0.39, 0.29) is 17.2 Å². The molecule has 0 radical (unpaired) electrons. The van der Waals surface area contributed by atoms with Crippen LogP contribution in [0, 0.1) is 0 Å². The lowest BCUT2D eigenvalue weighted by atomic mass is 10.0. The number of benzene rings is 1. The molecular formula is C15H17ClN2O4. The lowest BCUT2D eigenvalue weighted by molar-refractivity contribution is 0.0924. The van der Waals surface area contributed by atoms with Gasteiger partial charge in [-0.15, -0.1) is 0 Å². The summed E-state index contributed by atoms with van der Waals surface area (Å²) in [5.41, 5.74) is 1.26. The Bertz CT molecular complexity index is 637. The number of rotatable bonds is 6. The van der Waals surface area contributed by atoms with Gasteiger partial charge in [-0.25, -0.2) is 0 Å². The summed E-state index contributed by atoms with van der Waals surface area (Å²) >= 11 is 5.86. The standard InChI is InChI=1S/C15H17ClN2O4/c1-9(19)14-12(15(20)17-7-8-21-2)13(18-22-14)10-3-5-11(16)6-4-10/h3-6,9,19H,7-8H2,1-2H3,(H,17,20). The molecule has 1 heterocycles. The third-order valence-electron chi connectivity index (χ3n) is 3.03. The number of nitrogens with one attached hydrogen (secondary N) is 1. The van der Waals surface area contributed by atoms with Crippen molar-refractivity contribution in [1.82, 2.24) is 10.5 Å². The number of halogens is 1. The molecular weight excluding hydrogens is 308 g/mol. The highest BCUT2D eigenvalue weighted by molar-refractivity contribution is 6.30. The fraction of sp³-hybridized carbons (Fsp3) is 0.333. The minimum absolute atomic E-state index is 0.125. The maximum absolute atomic E-state index is 12.4. The van der Waals surface area contributed by atoms with Crippen molar-refractivity contribution in [3.63, 3.8) is 0 Å². The molecule has 1 atom stereocenters. The van der Waals surface area contributed by atoms with E-state index in [0.29, 0.717) is 29.4 Å². The van der Waals surface area contributed by atoms with Crippen LogP contribution in [-0.4, -0.2) is 36.4 Å². The van der Waals surface area contributed by atoms with Gasteiger partial charge < -0.3 is 19.7 Å². The van der Waals surface area contributed by atoms with Gasteiger partial charge in [-0.3, -0.25) is 4.79 Å². The molecule has 118 valence electrons. The second kappa shape index (κ2) is 7.40. The first-order chi connectivity index (χ1) is 10.5. The van der Waals surface area contributed by atoms with E-state index in [1.165, 1.54) is 6.92 Å². The van der Waals surface area contributed by atoms with Crippen LogP contribution in [0.3, 0.4) is 0 Å². The van der Waals surface area contributed by atoms with E-state index >= 15 is 0 Å². The zero-order chi connectivity index (χ0) is 16.1. The normalized spacial score (nSPS) is 12.2. The summed E-state index contributed by atoms with van der Waals surface area (Å²) < 4.78 is 10.0. The molecule has 0 spiro atoms. The number of aromatic nitrogens is 1. The predicted molar refractivity (Wildman–Crippen MR) is 81.8 cm³/mol. The maximum atomic E-state index is 12.4. The van der Waals surface area contributed by atoms with Crippen LogP contribution in [0.1, 0.15) is 29.1 Å². The largest absolute Gasteiger partial charge is 0.385 e. The maximum Gasteiger partial charge on any atom is 0.257 e. The number of carbonyl (C=O) groups is 1. The Morgan fingerprint density at radius 1 is 1.45 bits per heavy atom. The second-order valence-electron chi connectivity index (χ2n) is 4.70. The van der Waals surface area contributed by atoms with Crippen molar-refractivity contribution in [2.45, 2.75) is 13.0 Å². The second-order valence-corrected chi connectivity index (χ2v) is 5.14. The summed E-state index contributed by atoms with van der Waals surface area (Å²) in [6, 6.07) is 6.86. The van der Waals surface area contributed by atoms with Crippen LogP contribution in [0.25, 0.3) is 11.3 Å². The lowest BCUT2D eigenvalue weighted by Crippen LogP contribution is -2.28. The third kappa shape index (κ3) is 3.65. The summed E-state index contributed by atoms with van der Waals surface area (Å²) in [5.74, 6) is -0.251. The van der Waals surface area contributed by atoms with Crippen molar-refractivity contribution < 1.29 is 19.2 Å². The van der Waals surface area contributed by atoms with Gasteiger partial charge in [-0.05, 0) is 19.1 Å². The van der Waals surface area contributed by atoms with Crippen LogP contribution >= 0.6 is 11.6 Å². The molecule has 1 aromatic heterocycles. The summed E-state index contributed by atoms with van der Waals surface area (Å²) in [4.78, 5) is 12.4. The first-order valence-electron chi connectivity index (χ1n) is 6.75. The average Bonchev–Trinajstić information content (AvgIpc) is 2.93. The van der Waals surface area contributed by atoms with Crippen molar-refractivity contribution in [1.29, 1.82) is 0 Å². The fourth-order valence-corrected chi connectivity index (χ4v) is 2.09. The van der Waals surface area contributed by atoms with Crippen LogP contribution in [0.15, 0.2) is 28.8 Å². The molecule has 1 amide bonds. The number of methoxy groups -OCH3 is 1. The van der Waals surface area contributed by atoms with E-state index in [2.05, 4.69) is 10.5 Å². The van der Waals surface area contributed by atoms with Crippen LogP contribution in [0.4, 0.5) is 0 Å². The van der Waals surface area contributed by atoms with Crippen molar-refractivity contribution in [2.75, 3.05) is 20.3 Å². The Labute approximate surface area is 133 Å². The van der Waals surface area contributed by atoms with Gasteiger partial charge >= 0.3 is 0 Å². The number of nitrogens with zero attached hydrogens (tertiary/aromatic N) is 1. The van der Waals surface area contributed by atoms with Gasteiger partial charge in [0.1, 0.15) is 17.4 Å². The Morgan fingerprint density at radius 3 is 2.73 bits per heavy atom. The first kappa shape index (κ1) is 16.5. The topological polar surface area (TPSA) is 84.6 Å². The van der Waals surface area contributed by atoms with Gasteiger partial charge in [0.15, 0.2) is 5.76 Å². The predicted octanol–water partition coefficient (Wildman–Crippen LogP) is 2.42. The average molecular weight is 325 g/mol. The summed E-state index contributed by atoms with van der Waals surface area (Å²) in [5, 5.41) is 17.0. The van der Waals surface area contributed by atoms with Gasteiger partial charge in [0.05, 0.1) is 6.61 Å². The van der Waals surface area contributed by atoms with Gasteiger partial charge in [0, 0.05) is 24.2 Å². The molecule has 7 heteroatoms. The van der Waals surface area contributed by atoms with E-state index in [1.54, 1.807) is 31.4 Å². The molecule has 1 aromatic carbocycles. The quantitative estimate of drug-likeness (QED) is 0.797. The van der Waals surface area contributed by atoms with Crippen molar-refractivity contribution in [3.05, 3.63) is 40.6 Å². The summed E-state index contributed by atoms with van der Waals surface area (Å²) in [6.07, 6.45) is -0.947. The van der Waals surface area contributed by atoms with Crippen molar-refractivity contribution in [3.8, 4) is 11.3 Å². The number of amides is 1. The molecule has 1 unspecified atom stereocenters. The summed E-state index contributed by atoms with van der Waals surface area (Å²) in [7, 11) is 1.55. The third-order valence-corrected chi connectivity index (χ3v) is 3.29. The molecule has 0 saturated carbocycles. The molecule has 0 aliphatic carbocycles. The fourth-order valence-electron chi connectivity index (χ4n) is 1.97. The molecule has 0 fully saturated rings. The van der Waals surface area contributed by atoms with E-state index in [4.69, 9.17) is 20.9 Å². The first-order valence-corrected chi connectivity index (χ1v) is 7.13. The lowest BCUT2D eigenvalue weighted by Gasteiger charge is -2.07. The highest BCUT2D eigenvalue weighted by atomic mass is 35.5. The monoisotopic (exact) mass is 324 g/mol. The van der Waals surface area contributed by atoms with Crippen molar-refractivity contribution in [2.24, 2.45) is 0 Å². The Morgan fingerprint density at radius 2 is 2.14 bits per heavy atom. The smallest absolute Gasteiger partial charge is 0.257 e. The number of hydrogen-bond acceptors (Lipinski definition) is 5. The van der Waals surface area contributed by atoms with Gasteiger partial charge in [0.2, 0.25) is 0 Å².